The second-order valence-corrected chi connectivity index (χ2v) is 7.91. The topological polar surface area (TPSA) is 131 Å². The summed E-state index contributed by atoms with van der Waals surface area (Å²) in [6, 6.07) is 6.03. The second-order valence-electron chi connectivity index (χ2n) is 7.16. The fourth-order valence-corrected chi connectivity index (χ4v) is 3.85. The lowest BCUT2D eigenvalue weighted by molar-refractivity contribution is -0.136. The van der Waals surface area contributed by atoms with E-state index in [-0.39, 0.29) is 11.8 Å². The Balaban J connectivity index is 1.41. The molecule has 0 saturated carbocycles. The van der Waals surface area contributed by atoms with Crippen LogP contribution in [0.25, 0.3) is 0 Å². The SMILES string of the molecule is COC(=O)c1ccc(NC(=O)C(=O)NCC2CCN(C(=O)c3snnc3C)CC2)cc1. The van der Waals surface area contributed by atoms with Crippen molar-refractivity contribution >= 4 is 40.9 Å². The molecule has 3 rings (SSSR count). The smallest absolute Gasteiger partial charge is 0.337 e. The lowest BCUT2D eigenvalue weighted by Crippen LogP contribution is -2.43. The molecule has 1 aromatic heterocycles. The number of nitrogens with zero attached hydrogens (tertiary/aromatic N) is 3. The number of nitrogens with one attached hydrogen (secondary N) is 2. The Morgan fingerprint density at radius 1 is 1.13 bits per heavy atom. The molecule has 1 aliphatic rings. The second kappa shape index (κ2) is 10.1. The summed E-state index contributed by atoms with van der Waals surface area (Å²) in [5, 5.41) is 9.01. The highest BCUT2D eigenvalue weighted by Crippen LogP contribution is 2.20. The molecule has 2 heterocycles. The molecular weight excluding hydrogens is 422 g/mol. The van der Waals surface area contributed by atoms with E-state index in [1.165, 1.54) is 31.4 Å². The molecule has 164 valence electrons. The van der Waals surface area contributed by atoms with Gasteiger partial charge in [0.15, 0.2) is 0 Å². The van der Waals surface area contributed by atoms with E-state index in [2.05, 4.69) is 25.0 Å². The molecule has 1 aromatic carbocycles. The Morgan fingerprint density at radius 3 is 2.39 bits per heavy atom. The van der Waals surface area contributed by atoms with Gasteiger partial charge in [-0.3, -0.25) is 14.4 Å². The highest BCUT2D eigenvalue weighted by molar-refractivity contribution is 7.07. The summed E-state index contributed by atoms with van der Waals surface area (Å²) >= 11 is 1.10. The molecule has 11 heteroatoms. The number of esters is 1. The van der Waals surface area contributed by atoms with E-state index in [1.54, 1.807) is 11.8 Å². The standard InChI is InChI=1S/C20H23N5O5S/c1-12-16(31-24-23-12)19(28)25-9-7-13(8-10-25)11-21-17(26)18(27)22-15-5-3-14(4-6-15)20(29)30-2/h3-6,13H,7-11H2,1-2H3,(H,21,26)(H,22,27). The third kappa shape index (κ3) is 5.63. The van der Waals surface area contributed by atoms with E-state index in [0.29, 0.717) is 41.5 Å². The third-order valence-corrected chi connectivity index (χ3v) is 5.88. The highest BCUT2D eigenvalue weighted by Gasteiger charge is 2.26. The molecule has 0 atom stereocenters. The van der Waals surface area contributed by atoms with Crippen molar-refractivity contribution in [3.8, 4) is 0 Å². The van der Waals surface area contributed by atoms with E-state index in [1.807, 2.05) is 0 Å². The molecular formula is C20H23N5O5S. The predicted octanol–water partition coefficient (Wildman–Crippen LogP) is 1.24. The van der Waals surface area contributed by atoms with Gasteiger partial charge in [0.1, 0.15) is 4.88 Å². The maximum Gasteiger partial charge on any atom is 0.337 e. The average molecular weight is 446 g/mol. The Labute approximate surface area is 183 Å². The minimum atomic E-state index is -0.786. The quantitative estimate of drug-likeness (QED) is 0.523. The minimum absolute atomic E-state index is 0.0624. The van der Waals surface area contributed by atoms with E-state index >= 15 is 0 Å². The molecule has 1 fully saturated rings. The normalized spacial score (nSPS) is 14.1. The number of anilines is 1. The number of rotatable bonds is 5. The Hall–Kier alpha value is -3.34. The number of methoxy groups -OCH3 is 1. The van der Waals surface area contributed by atoms with Crippen molar-refractivity contribution in [2.45, 2.75) is 19.8 Å². The van der Waals surface area contributed by atoms with Crippen LogP contribution < -0.4 is 10.6 Å². The van der Waals surface area contributed by atoms with Crippen molar-refractivity contribution in [2.75, 3.05) is 32.1 Å². The zero-order chi connectivity index (χ0) is 22.4. The van der Waals surface area contributed by atoms with Crippen LogP contribution in [0.15, 0.2) is 24.3 Å². The van der Waals surface area contributed by atoms with Gasteiger partial charge >= 0.3 is 17.8 Å². The molecule has 2 aromatic rings. The number of amides is 3. The molecule has 0 aliphatic carbocycles. The first-order chi connectivity index (χ1) is 14.9. The van der Waals surface area contributed by atoms with Crippen molar-refractivity contribution in [3.63, 3.8) is 0 Å². The van der Waals surface area contributed by atoms with Gasteiger partial charge < -0.3 is 20.3 Å². The number of aromatic nitrogens is 2. The zero-order valence-electron chi connectivity index (χ0n) is 17.2. The fourth-order valence-electron chi connectivity index (χ4n) is 3.22. The maximum atomic E-state index is 12.5. The van der Waals surface area contributed by atoms with Crippen LogP contribution in [0.3, 0.4) is 0 Å². The van der Waals surface area contributed by atoms with Crippen LogP contribution in [0.2, 0.25) is 0 Å². The first-order valence-corrected chi connectivity index (χ1v) is 10.5. The van der Waals surface area contributed by atoms with Crippen LogP contribution in [-0.4, -0.2) is 64.9 Å². The van der Waals surface area contributed by atoms with Crippen molar-refractivity contribution in [1.82, 2.24) is 19.8 Å². The van der Waals surface area contributed by atoms with Crippen molar-refractivity contribution in [2.24, 2.45) is 5.92 Å². The van der Waals surface area contributed by atoms with Gasteiger partial charge in [0.2, 0.25) is 0 Å². The summed E-state index contributed by atoms with van der Waals surface area (Å²) in [5.41, 5.74) is 1.37. The molecule has 0 bridgehead atoms. The lowest BCUT2D eigenvalue weighted by Gasteiger charge is -2.31. The van der Waals surface area contributed by atoms with Crippen LogP contribution in [0.4, 0.5) is 5.69 Å². The summed E-state index contributed by atoms with van der Waals surface area (Å²) in [4.78, 5) is 50.4. The van der Waals surface area contributed by atoms with Crippen LogP contribution in [0, 0.1) is 12.8 Å². The number of piperidine rings is 1. The van der Waals surface area contributed by atoms with Crippen LogP contribution >= 0.6 is 11.5 Å². The molecule has 1 saturated heterocycles. The first kappa shape index (κ1) is 22.3. The fraction of sp³-hybridized carbons (Fsp3) is 0.400. The summed E-state index contributed by atoms with van der Waals surface area (Å²) in [7, 11) is 1.28. The zero-order valence-corrected chi connectivity index (χ0v) is 18.0. The number of ether oxygens (including phenoxy) is 1. The summed E-state index contributed by atoms with van der Waals surface area (Å²) in [6.45, 7) is 3.28. The van der Waals surface area contributed by atoms with Crippen molar-refractivity contribution in [3.05, 3.63) is 40.4 Å². The maximum absolute atomic E-state index is 12.5. The van der Waals surface area contributed by atoms with E-state index < -0.39 is 17.8 Å². The lowest BCUT2D eigenvalue weighted by atomic mass is 9.96. The summed E-state index contributed by atoms with van der Waals surface area (Å²) < 4.78 is 8.41. The van der Waals surface area contributed by atoms with Gasteiger partial charge in [-0.25, -0.2) is 4.79 Å². The summed E-state index contributed by atoms with van der Waals surface area (Å²) in [5.74, 6) is -1.89. The van der Waals surface area contributed by atoms with Gasteiger partial charge in [-0.15, -0.1) is 5.10 Å². The van der Waals surface area contributed by atoms with Crippen molar-refractivity contribution < 1.29 is 23.9 Å². The predicted molar refractivity (Wildman–Crippen MR) is 113 cm³/mol. The summed E-state index contributed by atoms with van der Waals surface area (Å²) in [6.07, 6.45) is 1.46. The van der Waals surface area contributed by atoms with E-state index in [4.69, 9.17) is 0 Å². The molecule has 10 nitrogen and oxygen atoms in total. The van der Waals surface area contributed by atoms with Gasteiger partial charge in [-0.2, -0.15) is 0 Å². The van der Waals surface area contributed by atoms with Crippen LogP contribution in [-0.2, 0) is 14.3 Å². The van der Waals surface area contributed by atoms with Gasteiger partial charge in [0, 0.05) is 25.3 Å². The van der Waals surface area contributed by atoms with Crippen molar-refractivity contribution in [1.29, 1.82) is 0 Å². The molecule has 0 unspecified atom stereocenters. The minimum Gasteiger partial charge on any atom is -0.465 e. The molecule has 1 aliphatic heterocycles. The molecule has 31 heavy (non-hydrogen) atoms. The first-order valence-electron chi connectivity index (χ1n) is 9.74. The Morgan fingerprint density at radius 2 is 1.81 bits per heavy atom. The van der Waals surface area contributed by atoms with Gasteiger partial charge in [-0.05, 0) is 61.5 Å². The van der Waals surface area contributed by atoms with Crippen LogP contribution in [0.1, 0.15) is 38.6 Å². The molecule has 0 spiro atoms. The van der Waals surface area contributed by atoms with E-state index in [9.17, 15) is 19.2 Å². The largest absolute Gasteiger partial charge is 0.465 e. The molecule has 3 amide bonds. The number of aryl methyl sites for hydroxylation is 1. The van der Waals surface area contributed by atoms with Crippen LogP contribution in [0.5, 0.6) is 0 Å². The Kier molecular flexibility index (Phi) is 7.29. The van der Waals surface area contributed by atoms with Gasteiger partial charge in [-0.1, -0.05) is 4.49 Å². The number of hydrogen-bond acceptors (Lipinski definition) is 8. The highest BCUT2D eigenvalue weighted by atomic mass is 32.1. The number of benzene rings is 1. The number of carbonyl (C=O) groups is 4. The molecule has 0 radical (unpaired) electrons. The number of likely N-dealkylation sites (tertiary alicyclic amines) is 1. The number of carbonyl (C=O) groups excluding carboxylic acids is 4. The van der Waals surface area contributed by atoms with Gasteiger partial charge in [0.05, 0.1) is 18.4 Å². The van der Waals surface area contributed by atoms with Gasteiger partial charge in [0.25, 0.3) is 5.91 Å². The third-order valence-electron chi connectivity index (χ3n) is 5.07. The van der Waals surface area contributed by atoms with E-state index in [0.717, 1.165) is 24.4 Å². The number of hydrogen-bond donors (Lipinski definition) is 2. The average Bonchev–Trinajstić information content (AvgIpc) is 3.23. The monoisotopic (exact) mass is 445 g/mol. The molecule has 2 N–H and O–H groups in total. The Bertz CT molecular complexity index is 967.